The lowest BCUT2D eigenvalue weighted by Gasteiger charge is -2.20. The third-order valence-electron chi connectivity index (χ3n) is 2.54. The van der Waals surface area contributed by atoms with Gasteiger partial charge in [-0.1, -0.05) is 6.42 Å². The van der Waals surface area contributed by atoms with Crippen molar-refractivity contribution in [1.82, 2.24) is 5.32 Å². The van der Waals surface area contributed by atoms with Gasteiger partial charge in [-0.25, -0.2) is 8.78 Å². The van der Waals surface area contributed by atoms with E-state index in [0.717, 1.165) is 19.3 Å². The van der Waals surface area contributed by atoms with Crippen molar-refractivity contribution in [3.05, 3.63) is 0 Å². The molecule has 0 aromatic heterocycles. The quantitative estimate of drug-likeness (QED) is 0.734. The van der Waals surface area contributed by atoms with E-state index in [0.29, 0.717) is 0 Å². The molecule has 74 valence electrons. The number of alkyl halides is 2. The molecule has 0 spiro atoms. The highest BCUT2D eigenvalue weighted by Gasteiger charge is 2.29. The first kappa shape index (κ1) is 10.4. The van der Waals surface area contributed by atoms with Crippen LogP contribution in [0.3, 0.4) is 0 Å². The normalized spacial score (nSPS) is 30.4. The van der Waals surface area contributed by atoms with Crippen molar-refractivity contribution in [3.8, 4) is 6.07 Å². The van der Waals surface area contributed by atoms with Crippen molar-refractivity contribution in [1.29, 1.82) is 5.26 Å². The van der Waals surface area contributed by atoms with Crippen molar-refractivity contribution >= 4 is 0 Å². The van der Waals surface area contributed by atoms with Gasteiger partial charge in [0.2, 0.25) is 0 Å². The molecule has 0 aliphatic heterocycles. The highest BCUT2D eigenvalue weighted by Crippen LogP contribution is 2.25. The number of hydrogen-bond acceptors (Lipinski definition) is 2. The lowest BCUT2D eigenvalue weighted by molar-refractivity contribution is 0.0983. The summed E-state index contributed by atoms with van der Waals surface area (Å²) in [5.74, 6) is -0.0822. The number of nitrogens with zero attached hydrogens (tertiary/aromatic N) is 1. The number of halogens is 2. The van der Waals surface area contributed by atoms with E-state index in [1.165, 1.54) is 6.92 Å². The van der Waals surface area contributed by atoms with Crippen LogP contribution in [0.25, 0.3) is 0 Å². The Labute approximate surface area is 76.9 Å². The molecule has 1 aliphatic carbocycles. The molecule has 0 heterocycles. The molecule has 1 fully saturated rings. The second kappa shape index (κ2) is 4.52. The van der Waals surface area contributed by atoms with E-state index in [4.69, 9.17) is 5.26 Å². The maximum atomic E-state index is 12.2. The largest absolute Gasteiger partial charge is 0.305 e. The van der Waals surface area contributed by atoms with Crippen LogP contribution in [-0.2, 0) is 0 Å². The second-order valence-corrected chi connectivity index (χ2v) is 3.56. The Morgan fingerprint density at radius 1 is 1.46 bits per heavy atom. The van der Waals surface area contributed by atoms with Crippen molar-refractivity contribution in [2.45, 2.75) is 44.7 Å². The van der Waals surface area contributed by atoms with Crippen LogP contribution in [-0.4, -0.2) is 18.5 Å². The lowest BCUT2D eigenvalue weighted by atomic mass is 10.1. The van der Waals surface area contributed by atoms with E-state index < -0.39 is 12.5 Å². The molecule has 0 aromatic carbocycles. The molecule has 1 rings (SSSR count). The van der Waals surface area contributed by atoms with E-state index >= 15 is 0 Å². The standard InChI is InChI=1S/C9H14F2N2/c1-6(9(10)11)13-8-4-2-3-7(8)5-12/h6-9,13H,2-4H2,1H3. The van der Waals surface area contributed by atoms with E-state index in [9.17, 15) is 8.78 Å². The summed E-state index contributed by atoms with van der Waals surface area (Å²) < 4.78 is 24.3. The monoisotopic (exact) mass is 188 g/mol. The first-order valence-electron chi connectivity index (χ1n) is 4.59. The topological polar surface area (TPSA) is 35.8 Å². The molecule has 0 bridgehead atoms. The van der Waals surface area contributed by atoms with Gasteiger partial charge in [-0.2, -0.15) is 5.26 Å². The third kappa shape index (κ3) is 2.63. The Balaban J connectivity index is 2.40. The molecule has 13 heavy (non-hydrogen) atoms. The molecule has 0 amide bonds. The molecule has 0 saturated heterocycles. The summed E-state index contributed by atoms with van der Waals surface area (Å²) in [7, 11) is 0. The predicted molar refractivity (Wildman–Crippen MR) is 45.3 cm³/mol. The fourth-order valence-corrected chi connectivity index (χ4v) is 1.72. The fourth-order valence-electron chi connectivity index (χ4n) is 1.72. The summed E-state index contributed by atoms with van der Waals surface area (Å²) in [6, 6.07) is 1.31. The van der Waals surface area contributed by atoms with Gasteiger partial charge in [0, 0.05) is 6.04 Å². The molecular formula is C9H14F2N2. The Morgan fingerprint density at radius 3 is 2.69 bits per heavy atom. The van der Waals surface area contributed by atoms with Gasteiger partial charge in [0.15, 0.2) is 0 Å². The molecular weight excluding hydrogens is 174 g/mol. The van der Waals surface area contributed by atoms with Crippen LogP contribution in [0.15, 0.2) is 0 Å². The summed E-state index contributed by atoms with van der Waals surface area (Å²) in [5, 5.41) is 11.5. The summed E-state index contributed by atoms with van der Waals surface area (Å²) in [4.78, 5) is 0. The van der Waals surface area contributed by atoms with Crippen LogP contribution in [0.1, 0.15) is 26.2 Å². The van der Waals surface area contributed by atoms with Gasteiger partial charge in [-0.05, 0) is 19.8 Å². The Morgan fingerprint density at radius 2 is 2.15 bits per heavy atom. The van der Waals surface area contributed by atoms with Crippen molar-refractivity contribution in [3.63, 3.8) is 0 Å². The summed E-state index contributed by atoms with van der Waals surface area (Å²) in [5.41, 5.74) is 0. The number of rotatable bonds is 3. The molecule has 4 heteroatoms. The summed E-state index contributed by atoms with van der Waals surface area (Å²) in [6.45, 7) is 1.46. The van der Waals surface area contributed by atoms with Gasteiger partial charge in [0.25, 0.3) is 6.43 Å². The van der Waals surface area contributed by atoms with Gasteiger partial charge < -0.3 is 5.32 Å². The molecule has 1 aliphatic rings. The minimum atomic E-state index is -2.35. The average Bonchev–Trinajstić information content (AvgIpc) is 2.51. The molecule has 3 unspecified atom stereocenters. The van der Waals surface area contributed by atoms with E-state index in [1.807, 2.05) is 0 Å². The van der Waals surface area contributed by atoms with Gasteiger partial charge in [-0.15, -0.1) is 0 Å². The molecule has 3 atom stereocenters. The Hall–Kier alpha value is -0.690. The maximum Gasteiger partial charge on any atom is 0.253 e. The summed E-state index contributed by atoms with van der Waals surface area (Å²) in [6.07, 6.45) is 0.297. The molecule has 0 radical (unpaired) electrons. The van der Waals surface area contributed by atoms with Crippen molar-refractivity contribution in [2.75, 3.05) is 0 Å². The molecule has 1 saturated carbocycles. The predicted octanol–water partition coefficient (Wildman–Crippen LogP) is 1.92. The minimum absolute atomic E-state index is 0.0333. The third-order valence-corrected chi connectivity index (χ3v) is 2.54. The first-order valence-corrected chi connectivity index (χ1v) is 4.59. The van der Waals surface area contributed by atoms with E-state index in [1.54, 1.807) is 0 Å². The van der Waals surface area contributed by atoms with Gasteiger partial charge in [0.1, 0.15) is 0 Å². The zero-order valence-corrected chi connectivity index (χ0v) is 7.63. The highest BCUT2D eigenvalue weighted by molar-refractivity contribution is 4.97. The van der Waals surface area contributed by atoms with Crippen LogP contribution in [0, 0.1) is 17.2 Å². The average molecular weight is 188 g/mol. The van der Waals surface area contributed by atoms with Gasteiger partial charge >= 0.3 is 0 Å². The van der Waals surface area contributed by atoms with Crippen LogP contribution in [0.4, 0.5) is 8.78 Å². The SMILES string of the molecule is CC(NC1CCCC1C#N)C(F)F. The summed E-state index contributed by atoms with van der Waals surface area (Å²) >= 11 is 0. The van der Waals surface area contributed by atoms with Crippen LogP contribution in [0.2, 0.25) is 0 Å². The van der Waals surface area contributed by atoms with Crippen molar-refractivity contribution < 1.29 is 8.78 Å². The van der Waals surface area contributed by atoms with Crippen LogP contribution < -0.4 is 5.32 Å². The Kier molecular flexibility index (Phi) is 3.61. The fraction of sp³-hybridized carbons (Fsp3) is 0.889. The van der Waals surface area contributed by atoms with E-state index in [-0.39, 0.29) is 12.0 Å². The highest BCUT2D eigenvalue weighted by atomic mass is 19.3. The number of nitrogens with one attached hydrogen (secondary N) is 1. The zero-order chi connectivity index (χ0) is 9.84. The molecule has 1 N–H and O–H groups in total. The molecule has 2 nitrogen and oxygen atoms in total. The van der Waals surface area contributed by atoms with Crippen LogP contribution >= 0.6 is 0 Å². The van der Waals surface area contributed by atoms with Gasteiger partial charge in [0.05, 0.1) is 18.0 Å². The van der Waals surface area contributed by atoms with Crippen LogP contribution in [0.5, 0.6) is 0 Å². The minimum Gasteiger partial charge on any atom is -0.305 e. The number of hydrogen-bond donors (Lipinski definition) is 1. The zero-order valence-electron chi connectivity index (χ0n) is 7.63. The van der Waals surface area contributed by atoms with Crippen molar-refractivity contribution in [2.24, 2.45) is 5.92 Å². The number of nitriles is 1. The van der Waals surface area contributed by atoms with Gasteiger partial charge in [-0.3, -0.25) is 0 Å². The Bertz CT molecular complexity index is 200. The lowest BCUT2D eigenvalue weighted by Crippen LogP contribution is -2.42. The molecule has 0 aromatic rings. The smallest absolute Gasteiger partial charge is 0.253 e. The van der Waals surface area contributed by atoms with E-state index in [2.05, 4.69) is 11.4 Å². The maximum absolute atomic E-state index is 12.2. The second-order valence-electron chi connectivity index (χ2n) is 3.56. The first-order chi connectivity index (χ1) is 6.15.